The first-order valence-electron chi connectivity index (χ1n) is 13.2. The Hall–Kier alpha value is -3.20. The number of aliphatic hydroxyl groups is 1. The van der Waals surface area contributed by atoms with Crippen molar-refractivity contribution in [2.24, 2.45) is 7.05 Å². The van der Waals surface area contributed by atoms with Crippen LogP contribution in [0.2, 0.25) is 5.02 Å². The van der Waals surface area contributed by atoms with Crippen LogP contribution in [0.3, 0.4) is 0 Å². The van der Waals surface area contributed by atoms with E-state index < -0.39 is 5.60 Å². The molecule has 2 N–H and O–H groups in total. The first kappa shape index (κ1) is 28.8. The van der Waals surface area contributed by atoms with Crippen LogP contribution in [-0.2, 0) is 23.8 Å². The number of nitrogens with zero attached hydrogens (tertiary/aromatic N) is 4. The summed E-state index contributed by atoms with van der Waals surface area (Å²) >= 11 is 6.30. The number of amides is 1. The van der Waals surface area contributed by atoms with Crippen LogP contribution in [0.4, 0.5) is 4.79 Å². The molecular formula is C30H38ClN5O3. The van der Waals surface area contributed by atoms with E-state index in [9.17, 15) is 9.90 Å². The van der Waals surface area contributed by atoms with E-state index in [2.05, 4.69) is 15.3 Å². The topological polar surface area (TPSA) is 92.5 Å². The van der Waals surface area contributed by atoms with Crippen LogP contribution in [0, 0.1) is 6.92 Å². The van der Waals surface area contributed by atoms with Gasteiger partial charge >= 0.3 is 6.09 Å². The fourth-order valence-corrected chi connectivity index (χ4v) is 5.22. The molecule has 0 radical (unpaired) electrons. The number of rotatable bonds is 2. The molecule has 1 aromatic carbocycles. The van der Waals surface area contributed by atoms with Crippen LogP contribution in [0.5, 0.6) is 0 Å². The summed E-state index contributed by atoms with van der Waals surface area (Å²) in [6.45, 7) is 12.6. The lowest BCUT2D eigenvalue weighted by Crippen LogP contribution is -2.48. The number of carbonyl (C=O) groups is 1. The predicted molar refractivity (Wildman–Crippen MR) is 155 cm³/mol. The van der Waals surface area contributed by atoms with Crippen LogP contribution >= 0.6 is 11.6 Å². The number of hydrogen-bond acceptors (Lipinski definition) is 6. The molecule has 5 rings (SSSR count). The zero-order chi connectivity index (χ0) is 28.4. The Labute approximate surface area is 235 Å². The summed E-state index contributed by atoms with van der Waals surface area (Å²) in [6.07, 6.45) is 6.05. The highest BCUT2D eigenvalue weighted by atomic mass is 35.5. The van der Waals surface area contributed by atoms with E-state index in [1.54, 1.807) is 17.4 Å². The van der Waals surface area contributed by atoms with Gasteiger partial charge in [-0.1, -0.05) is 23.7 Å². The number of carbonyl (C=O) groups excluding carboxylic acids is 1. The SMILES string of the molecule is CC(C)(C)OC(=O)N1CCNCC1.Cc1ncn(C)c1C(C)(O)C1=Cc2cccnc2Cc2ccc(Cl)cc21. The lowest BCUT2D eigenvalue weighted by Gasteiger charge is -2.30. The molecule has 0 saturated carbocycles. The molecule has 2 aliphatic rings. The summed E-state index contributed by atoms with van der Waals surface area (Å²) < 4.78 is 7.11. The molecule has 1 fully saturated rings. The zero-order valence-electron chi connectivity index (χ0n) is 23.6. The number of nitrogens with one attached hydrogen (secondary N) is 1. The van der Waals surface area contributed by atoms with Crippen LogP contribution in [0.25, 0.3) is 11.6 Å². The Morgan fingerprint density at radius 3 is 2.49 bits per heavy atom. The Morgan fingerprint density at radius 1 is 1.13 bits per heavy atom. The van der Waals surface area contributed by atoms with Crippen molar-refractivity contribution < 1.29 is 14.6 Å². The van der Waals surface area contributed by atoms with E-state index in [1.165, 1.54) is 0 Å². The lowest BCUT2D eigenvalue weighted by molar-refractivity contribution is 0.0229. The van der Waals surface area contributed by atoms with Gasteiger partial charge in [0.15, 0.2) is 0 Å². The highest BCUT2D eigenvalue weighted by molar-refractivity contribution is 6.30. The van der Waals surface area contributed by atoms with Crippen molar-refractivity contribution in [3.63, 3.8) is 0 Å². The second-order valence-electron chi connectivity index (χ2n) is 11.2. The van der Waals surface area contributed by atoms with Crippen molar-refractivity contribution in [1.82, 2.24) is 24.8 Å². The van der Waals surface area contributed by atoms with Gasteiger partial charge in [-0.25, -0.2) is 9.78 Å². The first-order valence-corrected chi connectivity index (χ1v) is 13.6. The maximum atomic E-state index is 11.7. The molecule has 1 aliphatic carbocycles. The number of aryl methyl sites for hydroxylation is 2. The number of piperazine rings is 1. The minimum Gasteiger partial charge on any atom is -0.444 e. The summed E-state index contributed by atoms with van der Waals surface area (Å²) in [4.78, 5) is 22.1. The van der Waals surface area contributed by atoms with Crippen molar-refractivity contribution in [3.8, 4) is 0 Å². The van der Waals surface area contributed by atoms with Gasteiger partial charge in [0.2, 0.25) is 0 Å². The summed E-state index contributed by atoms with van der Waals surface area (Å²) in [7, 11) is 1.90. The van der Waals surface area contributed by atoms with Gasteiger partial charge in [0, 0.05) is 50.9 Å². The lowest BCUT2D eigenvalue weighted by atomic mass is 9.83. The van der Waals surface area contributed by atoms with Gasteiger partial charge in [-0.15, -0.1) is 0 Å². The fourth-order valence-electron chi connectivity index (χ4n) is 5.04. The highest BCUT2D eigenvalue weighted by Crippen LogP contribution is 2.42. The Morgan fingerprint density at radius 2 is 1.85 bits per heavy atom. The second-order valence-corrected chi connectivity index (χ2v) is 11.6. The number of ether oxygens (including phenoxy) is 1. The van der Waals surface area contributed by atoms with Gasteiger partial charge in [0.25, 0.3) is 0 Å². The molecule has 0 bridgehead atoms. The maximum Gasteiger partial charge on any atom is 0.410 e. The molecule has 208 valence electrons. The van der Waals surface area contributed by atoms with Gasteiger partial charge in [0.1, 0.15) is 11.2 Å². The largest absolute Gasteiger partial charge is 0.444 e. The highest BCUT2D eigenvalue weighted by Gasteiger charge is 2.36. The molecule has 8 nitrogen and oxygen atoms in total. The molecule has 3 heterocycles. The van der Waals surface area contributed by atoms with Gasteiger partial charge in [-0.05, 0) is 81.2 Å². The van der Waals surface area contributed by atoms with Crippen molar-refractivity contribution in [2.75, 3.05) is 26.2 Å². The van der Waals surface area contributed by atoms with Crippen molar-refractivity contribution in [1.29, 1.82) is 0 Å². The fraction of sp³-hybridized carbons (Fsp3) is 0.433. The number of fused-ring (bicyclic) bond motifs is 2. The molecule has 1 amide bonds. The third kappa shape index (κ3) is 6.69. The van der Waals surface area contributed by atoms with E-state index in [4.69, 9.17) is 16.3 Å². The van der Waals surface area contributed by atoms with Gasteiger partial charge in [0.05, 0.1) is 23.4 Å². The van der Waals surface area contributed by atoms with Gasteiger partial charge in [-0.3, -0.25) is 4.98 Å². The van der Waals surface area contributed by atoms with Crippen molar-refractivity contribution in [2.45, 2.75) is 52.2 Å². The van der Waals surface area contributed by atoms with E-state index in [0.717, 1.165) is 65.5 Å². The van der Waals surface area contributed by atoms with Crippen LogP contribution < -0.4 is 5.32 Å². The molecule has 3 aromatic rings. The van der Waals surface area contributed by atoms with E-state index in [-0.39, 0.29) is 11.7 Å². The third-order valence-electron chi connectivity index (χ3n) is 6.82. The molecule has 1 aliphatic heterocycles. The molecular weight excluding hydrogens is 514 g/mol. The number of pyridine rings is 1. The standard InChI is InChI=1S/C21H20ClN3O.C9H18N2O2/c1-13-20(25(3)12-24-13)21(2,26)18-9-15-5-4-8-23-19(15)10-14-6-7-16(22)11-17(14)18;1-9(2,3)13-8(12)11-6-4-10-5-7-11/h4-9,11-12,26H,10H2,1-3H3;10H,4-7H2,1-3H3. The summed E-state index contributed by atoms with van der Waals surface area (Å²) in [5.74, 6) is 0. The predicted octanol–water partition coefficient (Wildman–Crippen LogP) is 4.96. The van der Waals surface area contributed by atoms with Crippen LogP contribution in [0.1, 0.15) is 61.5 Å². The minimum atomic E-state index is -1.23. The Bertz CT molecular complexity index is 1350. The van der Waals surface area contributed by atoms with Crippen LogP contribution in [0.15, 0.2) is 42.9 Å². The van der Waals surface area contributed by atoms with E-state index >= 15 is 0 Å². The smallest absolute Gasteiger partial charge is 0.410 e. The minimum absolute atomic E-state index is 0.200. The number of halogens is 1. The molecule has 1 unspecified atom stereocenters. The summed E-state index contributed by atoms with van der Waals surface area (Å²) in [6, 6.07) is 9.77. The molecule has 9 heteroatoms. The number of aromatic nitrogens is 3. The number of benzene rings is 1. The molecule has 1 saturated heterocycles. The van der Waals surface area contributed by atoms with E-state index in [0.29, 0.717) is 11.4 Å². The number of hydrogen-bond donors (Lipinski definition) is 2. The second kappa shape index (κ2) is 11.5. The van der Waals surface area contributed by atoms with E-state index in [1.807, 2.05) is 82.6 Å². The quantitative estimate of drug-likeness (QED) is 0.468. The summed E-state index contributed by atoms with van der Waals surface area (Å²) in [5.41, 5.74) is 4.79. The third-order valence-corrected chi connectivity index (χ3v) is 7.05. The van der Waals surface area contributed by atoms with Gasteiger partial charge < -0.3 is 24.6 Å². The van der Waals surface area contributed by atoms with Crippen molar-refractivity contribution in [3.05, 3.63) is 81.7 Å². The zero-order valence-corrected chi connectivity index (χ0v) is 24.3. The van der Waals surface area contributed by atoms with Crippen LogP contribution in [-0.4, -0.2) is 62.4 Å². The average Bonchev–Trinajstić information content (AvgIpc) is 3.13. The first-order chi connectivity index (χ1) is 18.4. The Kier molecular flexibility index (Phi) is 8.49. The number of imidazole rings is 1. The van der Waals surface area contributed by atoms with Crippen molar-refractivity contribution >= 4 is 29.3 Å². The molecule has 2 aromatic heterocycles. The maximum absolute atomic E-state index is 11.7. The normalized spacial score (nSPS) is 16.5. The summed E-state index contributed by atoms with van der Waals surface area (Å²) in [5, 5.41) is 15.5. The molecule has 39 heavy (non-hydrogen) atoms. The molecule has 1 atom stereocenters. The van der Waals surface area contributed by atoms with Gasteiger partial charge in [-0.2, -0.15) is 0 Å². The Balaban J connectivity index is 0.000000229. The average molecular weight is 552 g/mol. The molecule has 0 spiro atoms. The monoisotopic (exact) mass is 551 g/mol.